The largest absolute Gasteiger partial charge is 0.316 e. The van der Waals surface area contributed by atoms with Crippen LogP contribution in [0.4, 0.5) is 0 Å². The molecule has 0 atom stereocenters. The van der Waals surface area contributed by atoms with Crippen molar-refractivity contribution in [2.75, 3.05) is 13.1 Å². The predicted octanol–water partition coefficient (Wildman–Crippen LogP) is 4.37. The first-order chi connectivity index (χ1) is 9.97. The third kappa shape index (κ3) is 4.59. The van der Waals surface area contributed by atoms with E-state index >= 15 is 0 Å². The van der Waals surface area contributed by atoms with E-state index in [4.69, 9.17) is 0 Å². The predicted molar refractivity (Wildman–Crippen MR) is 93.9 cm³/mol. The number of nitrogens with one attached hydrogen (secondary N) is 1. The normalized spacial score (nSPS) is 11.3. The SMILES string of the molecule is Cc1nc(-c2cc(Br)cs2)nc(C)c1CCNCC(C)C. The Morgan fingerprint density at radius 3 is 2.43 bits per heavy atom. The smallest absolute Gasteiger partial charge is 0.169 e. The van der Waals surface area contributed by atoms with Gasteiger partial charge in [0, 0.05) is 21.2 Å². The van der Waals surface area contributed by atoms with E-state index in [1.165, 1.54) is 5.56 Å². The minimum absolute atomic E-state index is 0.683. The van der Waals surface area contributed by atoms with Crippen molar-refractivity contribution in [2.45, 2.75) is 34.1 Å². The zero-order valence-electron chi connectivity index (χ0n) is 13.0. The molecule has 0 aromatic carbocycles. The van der Waals surface area contributed by atoms with Gasteiger partial charge in [-0.25, -0.2) is 9.97 Å². The molecular weight excluding hydrogens is 346 g/mol. The highest BCUT2D eigenvalue weighted by Gasteiger charge is 2.11. The van der Waals surface area contributed by atoms with Crippen molar-refractivity contribution >= 4 is 27.3 Å². The highest BCUT2D eigenvalue weighted by atomic mass is 79.9. The fourth-order valence-electron chi connectivity index (χ4n) is 2.25. The van der Waals surface area contributed by atoms with Crippen LogP contribution in [0.3, 0.4) is 0 Å². The molecule has 0 aliphatic carbocycles. The molecule has 0 bridgehead atoms. The quantitative estimate of drug-likeness (QED) is 0.770. The summed E-state index contributed by atoms with van der Waals surface area (Å²) in [5.74, 6) is 1.52. The Morgan fingerprint density at radius 1 is 1.24 bits per heavy atom. The van der Waals surface area contributed by atoms with Crippen LogP contribution in [0.5, 0.6) is 0 Å². The summed E-state index contributed by atoms with van der Waals surface area (Å²) < 4.78 is 1.09. The molecule has 0 spiro atoms. The van der Waals surface area contributed by atoms with Crippen molar-refractivity contribution in [3.8, 4) is 10.7 Å². The number of thiophene rings is 1. The van der Waals surface area contributed by atoms with Crippen molar-refractivity contribution in [2.24, 2.45) is 5.92 Å². The molecule has 0 aliphatic rings. The first kappa shape index (κ1) is 16.6. The maximum absolute atomic E-state index is 4.68. The third-order valence-corrected chi connectivity index (χ3v) is 5.00. The van der Waals surface area contributed by atoms with Gasteiger partial charge in [0.2, 0.25) is 0 Å². The first-order valence-corrected chi connectivity index (χ1v) is 8.94. The van der Waals surface area contributed by atoms with Gasteiger partial charge in [0.15, 0.2) is 5.82 Å². The summed E-state index contributed by atoms with van der Waals surface area (Å²) in [6, 6.07) is 2.07. The molecule has 5 heteroatoms. The average Bonchev–Trinajstić information content (AvgIpc) is 2.83. The Kier molecular flexibility index (Phi) is 5.90. The molecule has 0 fully saturated rings. The number of hydrogen-bond donors (Lipinski definition) is 1. The van der Waals surface area contributed by atoms with E-state index in [1.807, 2.05) is 0 Å². The van der Waals surface area contributed by atoms with Crippen LogP contribution < -0.4 is 5.32 Å². The van der Waals surface area contributed by atoms with E-state index in [9.17, 15) is 0 Å². The van der Waals surface area contributed by atoms with Crippen molar-refractivity contribution < 1.29 is 0 Å². The Hall–Kier alpha value is -0.780. The Morgan fingerprint density at radius 2 is 1.90 bits per heavy atom. The second-order valence-electron chi connectivity index (χ2n) is 5.67. The summed E-state index contributed by atoms with van der Waals surface area (Å²) in [5.41, 5.74) is 3.45. The molecule has 21 heavy (non-hydrogen) atoms. The standard InChI is InChI=1S/C16H22BrN3S/c1-10(2)8-18-6-5-14-11(3)19-16(20-12(14)4)15-7-13(17)9-21-15/h7,9-10,18H,5-6,8H2,1-4H3. The van der Waals surface area contributed by atoms with Crippen LogP contribution in [-0.2, 0) is 6.42 Å². The second kappa shape index (κ2) is 7.47. The number of rotatable bonds is 6. The van der Waals surface area contributed by atoms with Gasteiger partial charge >= 0.3 is 0 Å². The van der Waals surface area contributed by atoms with Crippen LogP contribution in [0, 0.1) is 19.8 Å². The van der Waals surface area contributed by atoms with Crippen LogP contribution >= 0.6 is 27.3 Å². The average molecular weight is 368 g/mol. The van der Waals surface area contributed by atoms with Gasteiger partial charge in [0.05, 0.1) is 4.88 Å². The van der Waals surface area contributed by atoms with E-state index in [1.54, 1.807) is 11.3 Å². The Balaban J connectivity index is 2.10. The molecule has 0 unspecified atom stereocenters. The van der Waals surface area contributed by atoms with E-state index < -0.39 is 0 Å². The van der Waals surface area contributed by atoms with Gasteiger partial charge < -0.3 is 5.32 Å². The van der Waals surface area contributed by atoms with Crippen molar-refractivity contribution in [1.29, 1.82) is 0 Å². The molecule has 0 radical (unpaired) electrons. The van der Waals surface area contributed by atoms with Gasteiger partial charge in [-0.3, -0.25) is 0 Å². The summed E-state index contributed by atoms with van der Waals surface area (Å²) in [6.45, 7) is 10.6. The molecule has 2 rings (SSSR count). The lowest BCUT2D eigenvalue weighted by Crippen LogP contribution is -2.23. The topological polar surface area (TPSA) is 37.8 Å². The van der Waals surface area contributed by atoms with Crippen LogP contribution in [0.2, 0.25) is 0 Å². The Labute approximate surface area is 139 Å². The van der Waals surface area contributed by atoms with Gasteiger partial charge in [-0.1, -0.05) is 13.8 Å². The zero-order chi connectivity index (χ0) is 15.4. The fourth-order valence-corrected chi connectivity index (χ4v) is 3.61. The molecule has 2 heterocycles. The van der Waals surface area contributed by atoms with E-state index in [-0.39, 0.29) is 0 Å². The molecule has 2 aromatic heterocycles. The number of halogens is 1. The molecule has 0 saturated heterocycles. The van der Waals surface area contributed by atoms with Crippen LogP contribution in [0.15, 0.2) is 15.9 Å². The van der Waals surface area contributed by atoms with E-state index in [2.05, 4.69) is 70.4 Å². The molecule has 1 N–H and O–H groups in total. The van der Waals surface area contributed by atoms with Crippen molar-refractivity contribution in [3.05, 3.63) is 32.9 Å². The maximum Gasteiger partial charge on any atom is 0.169 e. The Bertz CT molecular complexity index is 584. The first-order valence-electron chi connectivity index (χ1n) is 7.26. The van der Waals surface area contributed by atoms with Crippen LogP contribution in [-0.4, -0.2) is 23.1 Å². The van der Waals surface area contributed by atoms with E-state index in [0.29, 0.717) is 5.92 Å². The van der Waals surface area contributed by atoms with Crippen LogP contribution in [0.25, 0.3) is 10.7 Å². The fraction of sp³-hybridized carbons (Fsp3) is 0.500. The van der Waals surface area contributed by atoms with Gasteiger partial charge in [-0.05, 0) is 66.8 Å². The molecule has 0 saturated carbocycles. The van der Waals surface area contributed by atoms with Crippen LogP contribution in [0.1, 0.15) is 30.8 Å². The molecule has 0 amide bonds. The van der Waals surface area contributed by atoms with Gasteiger partial charge in [0.25, 0.3) is 0 Å². The second-order valence-corrected chi connectivity index (χ2v) is 7.50. The van der Waals surface area contributed by atoms with Crippen molar-refractivity contribution in [3.63, 3.8) is 0 Å². The lowest BCUT2D eigenvalue weighted by Gasteiger charge is -2.12. The van der Waals surface area contributed by atoms with Crippen molar-refractivity contribution in [1.82, 2.24) is 15.3 Å². The summed E-state index contributed by atoms with van der Waals surface area (Å²) in [6.07, 6.45) is 0.985. The number of nitrogens with zero attached hydrogens (tertiary/aromatic N) is 2. The van der Waals surface area contributed by atoms with Gasteiger partial charge in [-0.2, -0.15) is 0 Å². The summed E-state index contributed by atoms with van der Waals surface area (Å²) in [5, 5.41) is 5.54. The summed E-state index contributed by atoms with van der Waals surface area (Å²) >= 11 is 5.15. The highest BCUT2D eigenvalue weighted by molar-refractivity contribution is 9.10. The lowest BCUT2D eigenvalue weighted by atomic mass is 10.1. The molecular formula is C16H22BrN3S. The minimum atomic E-state index is 0.683. The number of aryl methyl sites for hydroxylation is 2. The van der Waals surface area contributed by atoms with E-state index in [0.717, 1.165) is 46.1 Å². The summed E-state index contributed by atoms with van der Waals surface area (Å²) in [4.78, 5) is 10.5. The molecule has 114 valence electrons. The molecule has 2 aromatic rings. The highest BCUT2D eigenvalue weighted by Crippen LogP contribution is 2.28. The lowest BCUT2D eigenvalue weighted by molar-refractivity contribution is 0.553. The monoisotopic (exact) mass is 367 g/mol. The third-order valence-electron chi connectivity index (χ3n) is 3.31. The molecule has 0 aliphatic heterocycles. The minimum Gasteiger partial charge on any atom is -0.316 e. The summed E-state index contributed by atoms with van der Waals surface area (Å²) in [7, 11) is 0. The number of aromatic nitrogens is 2. The van der Waals surface area contributed by atoms with Gasteiger partial charge in [-0.15, -0.1) is 11.3 Å². The van der Waals surface area contributed by atoms with Gasteiger partial charge in [0.1, 0.15) is 0 Å². The zero-order valence-corrected chi connectivity index (χ0v) is 15.4. The number of hydrogen-bond acceptors (Lipinski definition) is 4. The maximum atomic E-state index is 4.68. The molecule has 3 nitrogen and oxygen atoms in total.